The van der Waals surface area contributed by atoms with Crippen LogP contribution in [0.15, 0.2) is 23.8 Å². The summed E-state index contributed by atoms with van der Waals surface area (Å²) in [6.45, 7) is 10.4. The van der Waals surface area contributed by atoms with E-state index in [9.17, 15) is 0 Å². The van der Waals surface area contributed by atoms with Crippen LogP contribution in [0.2, 0.25) is 0 Å². The molecule has 0 amide bonds. The quantitative estimate of drug-likeness (QED) is 0.734. The molecular weight excluding hydrogens is 260 g/mol. The SMILES string of the molecule is COCCCn1nc(C)c2ccc(C=C(C)C(C)C)cc21. The second-order valence-corrected chi connectivity index (χ2v) is 5.97. The van der Waals surface area contributed by atoms with Gasteiger partial charge in [-0.2, -0.15) is 5.10 Å². The van der Waals surface area contributed by atoms with Crippen LogP contribution >= 0.6 is 0 Å². The molecule has 0 aliphatic carbocycles. The first kappa shape index (κ1) is 15.8. The Balaban J connectivity index is 2.36. The molecule has 0 saturated carbocycles. The van der Waals surface area contributed by atoms with Crippen LogP contribution in [0, 0.1) is 12.8 Å². The molecule has 2 rings (SSSR count). The molecule has 1 heterocycles. The Labute approximate surface area is 127 Å². The molecule has 1 aromatic carbocycles. The highest BCUT2D eigenvalue weighted by molar-refractivity contribution is 5.84. The minimum Gasteiger partial charge on any atom is -0.385 e. The van der Waals surface area contributed by atoms with Gasteiger partial charge in [-0.1, -0.05) is 37.6 Å². The lowest BCUT2D eigenvalue weighted by atomic mass is 10.0. The number of allylic oxidation sites excluding steroid dienone is 1. The van der Waals surface area contributed by atoms with Gasteiger partial charge in [0.2, 0.25) is 0 Å². The summed E-state index contributed by atoms with van der Waals surface area (Å²) in [4.78, 5) is 0. The zero-order chi connectivity index (χ0) is 15.4. The maximum Gasteiger partial charge on any atom is 0.0691 e. The summed E-state index contributed by atoms with van der Waals surface area (Å²) in [5.41, 5.74) is 4.96. The summed E-state index contributed by atoms with van der Waals surface area (Å²) in [7, 11) is 1.74. The third-order valence-electron chi connectivity index (χ3n) is 3.98. The van der Waals surface area contributed by atoms with Gasteiger partial charge in [0.05, 0.1) is 11.2 Å². The third kappa shape index (κ3) is 3.73. The number of aryl methyl sites for hydroxylation is 2. The summed E-state index contributed by atoms with van der Waals surface area (Å²) in [5, 5.41) is 5.90. The fourth-order valence-electron chi connectivity index (χ4n) is 2.41. The van der Waals surface area contributed by atoms with E-state index in [-0.39, 0.29) is 0 Å². The Morgan fingerprint density at radius 2 is 2.14 bits per heavy atom. The van der Waals surface area contributed by atoms with Crippen molar-refractivity contribution in [2.24, 2.45) is 5.92 Å². The van der Waals surface area contributed by atoms with Gasteiger partial charge < -0.3 is 4.74 Å². The lowest BCUT2D eigenvalue weighted by molar-refractivity contribution is 0.189. The van der Waals surface area contributed by atoms with Gasteiger partial charge in [0, 0.05) is 25.6 Å². The topological polar surface area (TPSA) is 27.1 Å². The molecule has 0 aliphatic heterocycles. The van der Waals surface area contributed by atoms with Gasteiger partial charge >= 0.3 is 0 Å². The highest BCUT2D eigenvalue weighted by Crippen LogP contribution is 2.22. The average molecular weight is 286 g/mol. The van der Waals surface area contributed by atoms with Crippen LogP contribution in [0.3, 0.4) is 0 Å². The molecule has 0 bridgehead atoms. The molecule has 3 nitrogen and oxygen atoms in total. The first-order chi connectivity index (χ1) is 10.0. The van der Waals surface area contributed by atoms with Crippen LogP contribution in [0.5, 0.6) is 0 Å². The van der Waals surface area contributed by atoms with Gasteiger partial charge in [-0.05, 0) is 37.8 Å². The van der Waals surface area contributed by atoms with Crippen molar-refractivity contribution in [3.05, 3.63) is 35.0 Å². The molecule has 0 spiro atoms. The van der Waals surface area contributed by atoms with Crippen LogP contribution in [-0.4, -0.2) is 23.5 Å². The Morgan fingerprint density at radius 3 is 2.81 bits per heavy atom. The molecule has 0 N–H and O–H groups in total. The van der Waals surface area contributed by atoms with Crippen molar-refractivity contribution in [2.45, 2.75) is 40.7 Å². The van der Waals surface area contributed by atoms with E-state index < -0.39 is 0 Å². The van der Waals surface area contributed by atoms with Crippen molar-refractivity contribution in [3.8, 4) is 0 Å². The molecule has 0 fully saturated rings. The van der Waals surface area contributed by atoms with Gasteiger partial charge in [0.1, 0.15) is 0 Å². The van der Waals surface area contributed by atoms with Gasteiger partial charge in [-0.25, -0.2) is 0 Å². The van der Waals surface area contributed by atoms with Crippen LogP contribution < -0.4 is 0 Å². The van der Waals surface area contributed by atoms with E-state index >= 15 is 0 Å². The lowest BCUT2D eigenvalue weighted by Crippen LogP contribution is -2.03. The third-order valence-corrected chi connectivity index (χ3v) is 3.98. The van der Waals surface area contributed by atoms with Crippen molar-refractivity contribution in [1.82, 2.24) is 9.78 Å². The number of ether oxygens (including phenoxy) is 1. The molecule has 0 radical (unpaired) electrons. The molecule has 21 heavy (non-hydrogen) atoms. The second-order valence-electron chi connectivity index (χ2n) is 5.97. The van der Waals surface area contributed by atoms with Gasteiger partial charge in [0.15, 0.2) is 0 Å². The van der Waals surface area contributed by atoms with Crippen molar-refractivity contribution >= 4 is 17.0 Å². The number of nitrogens with zero attached hydrogens (tertiary/aromatic N) is 2. The van der Waals surface area contributed by atoms with E-state index in [2.05, 4.69) is 61.8 Å². The number of benzene rings is 1. The Hall–Kier alpha value is -1.61. The van der Waals surface area contributed by atoms with Crippen molar-refractivity contribution < 1.29 is 4.74 Å². The van der Waals surface area contributed by atoms with E-state index in [0.717, 1.165) is 25.3 Å². The Morgan fingerprint density at radius 1 is 1.38 bits per heavy atom. The highest BCUT2D eigenvalue weighted by atomic mass is 16.5. The summed E-state index contributed by atoms with van der Waals surface area (Å²) in [6, 6.07) is 6.61. The largest absolute Gasteiger partial charge is 0.385 e. The molecule has 2 aromatic rings. The second kappa shape index (κ2) is 6.90. The average Bonchev–Trinajstić information content (AvgIpc) is 2.75. The summed E-state index contributed by atoms with van der Waals surface area (Å²) >= 11 is 0. The van der Waals surface area contributed by atoms with Crippen LogP contribution in [-0.2, 0) is 11.3 Å². The molecule has 1 aromatic heterocycles. The summed E-state index contributed by atoms with van der Waals surface area (Å²) in [6.07, 6.45) is 3.25. The Bertz CT molecular complexity index is 638. The predicted molar refractivity (Wildman–Crippen MR) is 89.5 cm³/mol. The standard InChI is InChI=1S/C18H26N2O/c1-13(2)14(3)11-16-7-8-17-15(4)19-20(18(17)12-16)9-6-10-21-5/h7-8,11-13H,6,9-10H2,1-5H3. The molecule has 0 aliphatic rings. The number of fused-ring (bicyclic) bond motifs is 1. The first-order valence-corrected chi connectivity index (χ1v) is 7.67. The van der Waals surface area contributed by atoms with Gasteiger partial charge in [-0.15, -0.1) is 0 Å². The van der Waals surface area contributed by atoms with E-state index in [4.69, 9.17) is 4.74 Å². The van der Waals surface area contributed by atoms with E-state index in [0.29, 0.717) is 5.92 Å². The van der Waals surface area contributed by atoms with Crippen molar-refractivity contribution in [3.63, 3.8) is 0 Å². The number of aromatic nitrogens is 2. The number of methoxy groups -OCH3 is 1. The minimum absolute atomic E-state index is 0.578. The molecular formula is C18H26N2O. The predicted octanol–water partition coefficient (Wildman–Crippen LogP) is 4.44. The summed E-state index contributed by atoms with van der Waals surface area (Å²) < 4.78 is 7.24. The molecule has 0 saturated heterocycles. The van der Waals surface area contributed by atoms with E-state index in [1.165, 1.54) is 22.0 Å². The maximum absolute atomic E-state index is 5.13. The van der Waals surface area contributed by atoms with Crippen LogP contribution in [0.4, 0.5) is 0 Å². The number of rotatable bonds is 6. The fourth-order valence-corrected chi connectivity index (χ4v) is 2.41. The van der Waals surface area contributed by atoms with E-state index in [1.807, 2.05) is 0 Å². The highest BCUT2D eigenvalue weighted by Gasteiger charge is 2.08. The summed E-state index contributed by atoms with van der Waals surface area (Å²) in [5.74, 6) is 0.578. The monoisotopic (exact) mass is 286 g/mol. The van der Waals surface area contributed by atoms with Gasteiger partial charge in [-0.3, -0.25) is 4.68 Å². The zero-order valence-corrected chi connectivity index (χ0v) is 13.8. The lowest BCUT2D eigenvalue weighted by Gasteiger charge is -2.06. The number of hydrogen-bond donors (Lipinski definition) is 0. The van der Waals surface area contributed by atoms with Crippen molar-refractivity contribution in [1.29, 1.82) is 0 Å². The normalized spacial score (nSPS) is 12.6. The minimum atomic E-state index is 0.578. The fraction of sp³-hybridized carbons (Fsp3) is 0.500. The van der Waals surface area contributed by atoms with Gasteiger partial charge in [0.25, 0.3) is 0 Å². The molecule has 3 heteroatoms. The first-order valence-electron chi connectivity index (χ1n) is 7.67. The zero-order valence-electron chi connectivity index (χ0n) is 13.8. The van der Waals surface area contributed by atoms with E-state index in [1.54, 1.807) is 7.11 Å². The number of hydrogen-bond acceptors (Lipinski definition) is 2. The maximum atomic E-state index is 5.13. The van der Waals surface area contributed by atoms with Crippen LogP contribution in [0.1, 0.15) is 38.4 Å². The molecule has 0 unspecified atom stereocenters. The Kier molecular flexibility index (Phi) is 5.18. The molecule has 0 atom stereocenters. The smallest absolute Gasteiger partial charge is 0.0691 e. The molecule has 114 valence electrons. The van der Waals surface area contributed by atoms with Crippen molar-refractivity contribution in [2.75, 3.05) is 13.7 Å². The van der Waals surface area contributed by atoms with Crippen LogP contribution in [0.25, 0.3) is 17.0 Å².